The van der Waals surface area contributed by atoms with E-state index >= 15 is 0 Å². The fourth-order valence-electron chi connectivity index (χ4n) is 3.47. The predicted molar refractivity (Wildman–Crippen MR) is 88.8 cm³/mol. The topological polar surface area (TPSA) is 85.2 Å². The molecule has 2 amide bonds. The van der Waals surface area contributed by atoms with Crippen LogP contribution >= 0.6 is 0 Å². The summed E-state index contributed by atoms with van der Waals surface area (Å²) in [7, 11) is 0. The fraction of sp³-hybridized carbons (Fsp3) is 0.706. The molecule has 2 aliphatic rings. The van der Waals surface area contributed by atoms with Gasteiger partial charge in [0.25, 0.3) is 5.91 Å². The van der Waals surface area contributed by atoms with Crippen LogP contribution in [-0.4, -0.2) is 46.4 Å². The van der Waals surface area contributed by atoms with Gasteiger partial charge >= 0.3 is 0 Å². The molecule has 2 fully saturated rings. The summed E-state index contributed by atoms with van der Waals surface area (Å²) >= 11 is 0. The summed E-state index contributed by atoms with van der Waals surface area (Å²) in [5, 5.41) is 10.5. The number of ether oxygens (including phenoxy) is 1. The minimum atomic E-state index is -0.456. The van der Waals surface area contributed by atoms with Crippen LogP contribution in [0.5, 0.6) is 0 Å². The largest absolute Gasteiger partial charge is 0.381 e. The number of carbonyl (C=O) groups excluding carboxylic acids is 2. The van der Waals surface area contributed by atoms with Gasteiger partial charge in [-0.25, -0.2) is 0 Å². The lowest BCUT2D eigenvalue weighted by Crippen LogP contribution is -2.62. The molecule has 3 rings (SSSR count). The number of hydrogen-bond acceptors (Lipinski definition) is 4. The monoisotopic (exact) mass is 334 g/mol. The summed E-state index contributed by atoms with van der Waals surface area (Å²) < 4.78 is 7.29. The van der Waals surface area contributed by atoms with E-state index in [2.05, 4.69) is 15.7 Å². The molecule has 1 aromatic heterocycles. The number of aryl methyl sites for hydroxylation is 1. The number of aromatic nitrogens is 2. The number of rotatable bonds is 3. The van der Waals surface area contributed by atoms with Crippen molar-refractivity contribution in [3.05, 3.63) is 17.5 Å². The Morgan fingerprint density at radius 2 is 2.08 bits per heavy atom. The van der Waals surface area contributed by atoms with Crippen LogP contribution in [0, 0.1) is 6.92 Å². The van der Waals surface area contributed by atoms with Gasteiger partial charge in [0.1, 0.15) is 0 Å². The van der Waals surface area contributed by atoms with E-state index in [1.807, 2.05) is 31.6 Å². The molecule has 1 unspecified atom stereocenters. The minimum Gasteiger partial charge on any atom is -0.381 e. The first-order chi connectivity index (χ1) is 11.4. The highest BCUT2D eigenvalue weighted by atomic mass is 16.5. The molecular weight excluding hydrogens is 308 g/mol. The van der Waals surface area contributed by atoms with Crippen molar-refractivity contribution in [1.82, 2.24) is 20.4 Å². The summed E-state index contributed by atoms with van der Waals surface area (Å²) in [6.07, 6.45) is 4.86. The molecule has 0 aliphatic carbocycles. The highest BCUT2D eigenvalue weighted by molar-refractivity contribution is 5.94. The lowest BCUT2D eigenvalue weighted by molar-refractivity contribution is -0.125. The predicted octanol–water partition coefficient (Wildman–Crippen LogP) is 1.33. The van der Waals surface area contributed by atoms with Crippen molar-refractivity contribution in [2.75, 3.05) is 13.2 Å². The first-order valence-electron chi connectivity index (χ1n) is 8.62. The lowest BCUT2D eigenvalue weighted by Gasteiger charge is -2.39. The Balaban J connectivity index is 1.71. The first kappa shape index (κ1) is 17.0. The summed E-state index contributed by atoms with van der Waals surface area (Å²) in [4.78, 5) is 24.2. The molecule has 0 spiro atoms. The van der Waals surface area contributed by atoms with Gasteiger partial charge in [-0.1, -0.05) is 0 Å². The number of carbonyl (C=O) groups is 2. The average molecular weight is 334 g/mol. The zero-order chi connectivity index (χ0) is 17.3. The molecule has 7 heteroatoms. The van der Waals surface area contributed by atoms with Crippen molar-refractivity contribution in [2.45, 2.75) is 64.1 Å². The van der Waals surface area contributed by atoms with Crippen molar-refractivity contribution in [3.8, 4) is 0 Å². The maximum absolute atomic E-state index is 12.7. The van der Waals surface area contributed by atoms with Gasteiger partial charge in [-0.05, 0) is 40.0 Å². The Morgan fingerprint density at radius 1 is 1.38 bits per heavy atom. The lowest BCUT2D eigenvalue weighted by atomic mass is 9.86. The maximum Gasteiger partial charge on any atom is 0.272 e. The number of nitrogens with one attached hydrogen (secondary N) is 2. The van der Waals surface area contributed by atoms with E-state index < -0.39 is 5.54 Å². The number of hydrogen-bond donors (Lipinski definition) is 2. The van der Waals surface area contributed by atoms with Gasteiger partial charge in [-0.2, -0.15) is 5.10 Å². The molecule has 3 heterocycles. The van der Waals surface area contributed by atoms with Crippen molar-refractivity contribution >= 4 is 11.8 Å². The van der Waals surface area contributed by atoms with E-state index in [4.69, 9.17) is 4.74 Å². The Bertz CT molecular complexity index is 632. The highest BCUT2D eigenvalue weighted by Crippen LogP contribution is 2.23. The second-order valence-electron chi connectivity index (χ2n) is 7.32. The summed E-state index contributed by atoms with van der Waals surface area (Å²) in [5.41, 5.74) is 0.883. The Hall–Kier alpha value is -1.89. The standard InChI is InChI=1S/C17H26N4O3/c1-11-10-21(12-6-8-24-9-7-12)20-15(11)16(23)18-13-4-5-14(22)19-17(13,2)3/h10,12-13H,4-9H2,1-3H3,(H,18,23)(H,19,22). The van der Waals surface area contributed by atoms with E-state index in [0.29, 0.717) is 24.6 Å². The fourth-order valence-corrected chi connectivity index (χ4v) is 3.47. The Morgan fingerprint density at radius 3 is 2.75 bits per heavy atom. The molecule has 0 bridgehead atoms. The summed E-state index contributed by atoms with van der Waals surface area (Å²) in [6, 6.07) is 0.194. The van der Waals surface area contributed by atoms with Crippen LogP contribution in [-0.2, 0) is 9.53 Å². The van der Waals surface area contributed by atoms with E-state index in [9.17, 15) is 9.59 Å². The van der Waals surface area contributed by atoms with Gasteiger partial charge in [-0.15, -0.1) is 0 Å². The van der Waals surface area contributed by atoms with Crippen LogP contribution in [0.15, 0.2) is 6.20 Å². The normalized spacial score (nSPS) is 24.5. The molecule has 132 valence electrons. The number of piperidine rings is 1. The van der Waals surface area contributed by atoms with Crippen LogP contribution < -0.4 is 10.6 Å². The molecule has 1 atom stereocenters. The molecule has 2 saturated heterocycles. The number of amides is 2. The van der Waals surface area contributed by atoms with Gasteiger partial charge in [0.2, 0.25) is 5.91 Å². The molecule has 0 aromatic carbocycles. The van der Waals surface area contributed by atoms with Crippen molar-refractivity contribution < 1.29 is 14.3 Å². The van der Waals surface area contributed by atoms with Crippen LogP contribution in [0.25, 0.3) is 0 Å². The third-order valence-electron chi connectivity index (χ3n) is 4.99. The zero-order valence-electron chi connectivity index (χ0n) is 14.6. The molecular formula is C17H26N4O3. The summed E-state index contributed by atoms with van der Waals surface area (Å²) in [5.74, 6) is -0.141. The molecule has 7 nitrogen and oxygen atoms in total. The third-order valence-corrected chi connectivity index (χ3v) is 4.99. The smallest absolute Gasteiger partial charge is 0.272 e. The molecule has 2 aliphatic heterocycles. The van der Waals surface area contributed by atoms with Gasteiger partial charge < -0.3 is 15.4 Å². The van der Waals surface area contributed by atoms with Gasteiger partial charge in [0.05, 0.1) is 17.6 Å². The quantitative estimate of drug-likeness (QED) is 0.873. The first-order valence-corrected chi connectivity index (χ1v) is 8.62. The molecule has 1 aromatic rings. The van der Waals surface area contributed by atoms with Crippen LogP contribution in [0.2, 0.25) is 0 Å². The zero-order valence-corrected chi connectivity index (χ0v) is 14.6. The average Bonchev–Trinajstić information content (AvgIpc) is 2.92. The molecule has 2 N–H and O–H groups in total. The Kier molecular flexibility index (Phi) is 4.62. The second kappa shape index (κ2) is 6.55. The molecule has 24 heavy (non-hydrogen) atoms. The summed E-state index contributed by atoms with van der Waals surface area (Å²) in [6.45, 7) is 7.25. The maximum atomic E-state index is 12.7. The van der Waals surface area contributed by atoms with E-state index in [1.165, 1.54) is 0 Å². The van der Waals surface area contributed by atoms with E-state index in [-0.39, 0.29) is 17.9 Å². The third kappa shape index (κ3) is 3.45. The van der Waals surface area contributed by atoms with Crippen molar-refractivity contribution in [3.63, 3.8) is 0 Å². The molecule has 0 radical (unpaired) electrons. The van der Waals surface area contributed by atoms with Crippen molar-refractivity contribution in [2.24, 2.45) is 0 Å². The van der Waals surface area contributed by atoms with Crippen LogP contribution in [0.4, 0.5) is 0 Å². The SMILES string of the molecule is Cc1cn(C2CCOCC2)nc1C(=O)NC1CCC(=O)NC1(C)C. The van der Waals surface area contributed by atoms with E-state index in [1.54, 1.807) is 0 Å². The molecule has 0 saturated carbocycles. The van der Waals surface area contributed by atoms with Gasteiger partial charge in [0.15, 0.2) is 5.69 Å². The van der Waals surface area contributed by atoms with Crippen molar-refractivity contribution in [1.29, 1.82) is 0 Å². The van der Waals surface area contributed by atoms with Gasteiger partial charge in [0, 0.05) is 31.4 Å². The Labute approximate surface area is 142 Å². The number of nitrogens with zero attached hydrogens (tertiary/aromatic N) is 2. The highest BCUT2D eigenvalue weighted by Gasteiger charge is 2.37. The van der Waals surface area contributed by atoms with Crippen LogP contribution in [0.1, 0.15) is 61.6 Å². The minimum absolute atomic E-state index is 0.0328. The van der Waals surface area contributed by atoms with E-state index in [0.717, 1.165) is 31.6 Å². The van der Waals surface area contributed by atoms with Gasteiger partial charge in [-0.3, -0.25) is 14.3 Å². The van der Waals surface area contributed by atoms with Crippen LogP contribution in [0.3, 0.4) is 0 Å². The second-order valence-corrected chi connectivity index (χ2v) is 7.32.